The molecular weight excluding hydrogens is 410 g/mol. The largest absolute Gasteiger partial charge is 0.455 e. The van der Waals surface area contributed by atoms with E-state index >= 15 is 0 Å². The second kappa shape index (κ2) is 10.0. The summed E-state index contributed by atoms with van der Waals surface area (Å²) in [7, 11) is 0. The summed E-state index contributed by atoms with van der Waals surface area (Å²) in [6.07, 6.45) is 0. The van der Waals surface area contributed by atoms with Gasteiger partial charge < -0.3 is 9.73 Å². The molecule has 0 atom stereocenters. The number of nitrogens with one attached hydrogen (secondary N) is 1. The van der Waals surface area contributed by atoms with E-state index in [1.54, 1.807) is 36.4 Å². The number of hydrogen-bond acceptors (Lipinski definition) is 3. The first-order chi connectivity index (χ1) is 15.6. The molecule has 1 heterocycles. The summed E-state index contributed by atoms with van der Waals surface area (Å²) in [4.78, 5) is 14.6. The second-order valence-corrected chi connectivity index (χ2v) is 7.46. The van der Waals surface area contributed by atoms with Crippen LogP contribution in [0.4, 0.5) is 14.5 Å². The molecule has 0 aliphatic heterocycles. The van der Waals surface area contributed by atoms with Crippen LogP contribution in [0, 0.1) is 11.6 Å². The highest BCUT2D eigenvalue weighted by molar-refractivity contribution is 6.02. The van der Waals surface area contributed by atoms with Gasteiger partial charge in [0.1, 0.15) is 17.4 Å². The number of carbonyl (C=O) groups excluding carboxylic acids is 1. The van der Waals surface area contributed by atoms with E-state index in [0.717, 1.165) is 11.1 Å². The van der Waals surface area contributed by atoms with Gasteiger partial charge in [0, 0.05) is 13.1 Å². The quantitative estimate of drug-likeness (QED) is 0.371. The van der Waals surface area contributed by atoms with E-state index in [2.05, 4.69) is 10.2 Å². The molecule has 1 amide bonds. The molecule has 1 aromatic heterocycles. The first-order valence-corrected chi connectivity index (χ1v) is 10.2. The molecule has 0 saturated heterocycles. The molecule has 0 unspecified atom stereocenters. The highest BCUT2D eigenvalue weighted by Crippen LogP contribution is 2.19. The van der Waals surface area contributed by atoms with Gasteiger partial charge in [-0.3, -0.25) is 9.69 Å². The van der Waals surface area contributed by atoms with Crippen LogP contribution < -0.4 is 5.32 Å². The fraction of sp³-hybridized carbons (Fsp3) is 0.115. The van der Waals surface area contributed by atoms with Gasteiger partial charge >= 0.3 is 0 Å². The molecule has 0 aliphatic rings. The van der Waals surface area contributed by atoms with Crippen LogP contribution in [0.25, 0.3) is 0 Å². The maximum Gasteiger partial charge on any atom is 0.291 e. The first kappa shape index (κ1) is 21.5. The summed E-state index contributed by atoms with van der Waals surface area (Å²) in [6, 6.07) is 25.6. The molecule has 4 aromatic rings. The molecule has 0 bridgehead atoms. The number of hydrogen-bond donors (Lipinski definition) is 1. The zero-order chi connectivity index (χ0) is 22.3. The molecule has 162 valence electrons. The summed E-state index contributed by atoms with van der Waals surface area (Å²) in [6.45, 7) is 1.67. The van der Waals surface area contributed by atoms with E-state index < -0.39 is 11.7 Å². The van der Waals surface area contributed by atoms with Crippen molar-refractivity contribution in [1.29, 1.82) is 0 Å². The highest BCUT2D eigenvalue weighted by Gasteiger charge is 2.16. The van der Waals surface area contributed by atoms with Crippen molar-refractivity contribution in [3.8, 4) is 0 Å². The fourth-order valence-electron chi connectivity index (χ4n) is 3.41. The van der Waals surface area contributed by atoms with Gasteiger partial charge in [-0.25, -0.2) is 8.78 Å². The predicted molar refractivity (Wildman–Crippen MR) is 119 cm³/mol. The Balaban J connectivity index is 1.47. The third-order valence-corrected chi connectivity index (χ3v) is 4.96. The number of carbonyl (C=O) groups is 1. The van der Waals surface area contributed by atoms with Gasteiger partial charge in [-0.1, -0.05) is 54.6 Å². The summed E-state index contributed by atoms with van der Waals surface area (Å²) in [5.41, 5.74) is 2.18. The minimum Gasteiger partial charge on any atom is -0.455 e. The maximum absolute atomic E-state index is 13.8. The lowest BCUT2D eigenvalue weighted by molar-refractivity contribution is 0.0991. The van der Waals surface area contributed by atoms with E-state index in [4.69, 9.17) is 4.42 Å². The number of rotatable bonds is 8. The topological polar surface area (TPSA) is 45.5 Å². The number of nitrogens with zero attached hydrogens (tertiary/aromatic N) is 1. The standard InChI is InChI=1S/C26H22F2N2O2/c27-21-12-10-20(11-13-21)17-30(16-19-6-2-1-3-7-19)18-22-14-15-25(32-22)26(31)29-24-9-5-4-8-23(24)28/h1-15H,16-18H2,(H,29,31). The molecule has 0 spiro atoms. The molecule has 0 fully saturated rings. The number of anilines is 1. The van der Waals surface area contributed by atoms with Crippen molar-refractivity contribution in [2.24, 2.45) is 0 Å². The van der Waals surface area contributed by atoms with Gasteiger partial charge in [0.25, 0.3) is 5.91 Å². The predicted octanol–water partition coefficient (Wildman–Crippen LogP) is 6.01. The van der Waals surface area contributed by atoms with Crippen LogP contribution in [0.1, 0.15) is 27.4 Å². The average molecular weight is 432 g/mol. The molecular formula is C26H22F2N2O2. The average Bonchev–Trinajstić information content (AvgIpc) is 3.26. The molecule has 6 heteroatoms. The van der Waals surface area contributed by atoms with Crippen molar-refractivity contribution >= 4 is 11.6 Å². The van der Waals surface area contributed by atoms with Crippen LogP contribution in [0.15, 0.2) is 95.4 Å². The Morgan fingerprint density at radius 3 is 2.12 bits per heavy atom. The normalized spacial score (nSPS) is 11.0. The van der Waals surface area contributed by atoms with E-state index in [1.165, 1.54) is 24.3 Å². The van der Waals surface area contributed by atoms with Crippen LogP contribution >= 0.6 is 0 Å². The SMILES string of the molecule is O=C(Nc1ccccc1F)c1ccc(CN(Cc2ccccc2)Cc2ccc(F)cc2)o1. The van der Waals surface area contributed by atoms with Crippen molar-refractivity contribution in [1.82, 2.24) is 4.90 Å². The third kappa shape index (κ3) is 5.68. The Labute approximate surface area is 185 Å². The third-order valence-electron chi connectivity index (χ3n) is 4.96. The Bertz CT molecular complexity index is 1170. The maximum atomic E-state index is 13.8. The summed E-state index contributed by atoms with van der Waals surface area (Å²) >= 11 is 0. The number of para-hydroxylation sites is 1. The number of furan rings is 1. The Morgan fingerprint density at radius 2 is 1.41 bits per heavy atom. The summed E-state index contributed by atoms with van der Waals surface area (Å²) in [5.74, 6) is -0.609. The van der Waals surface area contributed by atoms with Gasteiger partial charge in [-0.05, 0) is 47.5 Å². The minimum absolute atomic E-state index is 0.0949. The lowest BCUT2D eigenvalue weighted by Gasteiger charge is -2.21. The van der Waals surface area contributed by atoms with Crippen LogP contribution in [-0.2, 0) is 19.6 Å². The molecule has 3 aromatic carbocycles. The number of benzene rings is 3. The molecule has 32 heavy (non-hydrogen) atoms. The lowest BCUT2D eigenvalue weighted by atomic mass is 10.1. The van der Waals surface area contributed by atoms with Crippen molar-refractivity contribution < 1.29 is 18.0 Å². The first-order valence-electron chi connectivity index (χ1n) is 10.2. The van der Waals surface area contributed by atoms with E-state index in [1.807, 2.05) is 30.3 Å². The van der Waals surface area contributed by atoms with Gasteiger partial charge in [-0.2, -0.15) is 0 Å². The van der Waals surface area contributed by atoms with E-state index in [-0.39, 0.29) is 17.3 Å². The van der Waals surface area contributed by atoms with Gasteiger partial charge in [-0.15, -0.1) is 0 Å². The van der Waals surface area contributed by atoms with Gasteiger partial charge in [0.2, 0.25) is 0 Å². The summed E-state index contributed by atoms with van der Waals surface area (Å²) < 4.78 is 32.8. The van der Waals surface area contributed by atoms with Gasteiger partial charge in [0.15, 0.2) is 5.76 Å². The molecule has 4 rings (SSSR count). The smallest absolute Gasteiger partial charge is 0.291 e. The second-order valence-electron chi connectivity index (χ2n) is 7.46. The van der Waals surface area contributed by atoms with Crippen molar-refractivity contribution in [2.75, 3.05) is 5.32 Å². The van der Waals surface area contributed by atoms with Crippen LogP contribution in [-0.4, -0.2) is 10.8 Å². The molecule has 0 saturated carbocycles. The molecule has 0 aliphatic carbocycles. The van der Waals surface area contributed by atoms with Crippen LogP contribution in [0.2, 0.25) is 0 Å². The monoisotopic (exact) mass is 432 g/mol. The van der Waals surface area contributed by atoms with Crippen molar-refractivity contribution in [2.45, 2.75) is 19.6 Å². The molecule has 1 N–H and O–H groups in total. The Hall–Kier alpha value is -3.77. The summed E-state index contributed by atoms with van der Waals surface area (Å²) in [5, 5.41) is 2.52. The lowest BCUT2D eigenvalue weighted by Crippen LogP contribution is -2.22. The van der Waals surface area contributed by atoms with Crippen molar-refractivity contribution in [3.05, 3.63) is 125 Å². The number of amides is 1. The molecule has 4 nitrogen and oxygen atoms in total. The van der Waals surface area contributed by atoms with Crippen molar-refractivity contribution in [3.63, 3.8) is 0 Å². The Morgan fingerprint density at radius 1 is 0.750 bits per heavy atom. The van der Waals surface area contributed by atoms with E-state index in [9.17, 15) is 13.6 Å². The van der Waals surface area contributed by atoms with Gasteiger partial charge in [0.05, 0.1) is 12.2 Å². The zero-order valence-corrected chi connectivity index (χ0v) is 17.3. The van der Waals surface area contributed by atoms with Crippen LogP contribution in [0.3, 0.4) is 0 Å². The van der Waals surface area contributed by atoms with Crippen LogP contribution in [0.5, 0.6) is 0 Å². The zero-order valence-electron chi connectivity index (χ0n) is 17.3. The van der Waals surface area contributed by atoms with E-state index in [0.29, 0.717) is 25.4 Å². The minimum atomic E-state index is -0.519. The molecule has 0 radical (unpaired) electrons. The fourth-order valence-corrected chi connectivity index (χ4v) is 3.41. The Kier molecular flexibility index (Phi) is 6.72. The highest BCUT2D eigenvalue weighted by atomic mass is 19.1. The number of halogens is 2.